The molecule has 1 heterocycles. The Hall–Kier alpha value is -0.630. The largest absolute Gasteiger partial charge is 1.00 e. The van der Waals surface area contributed by atoms with E-state index in [4.69, 9.17) is 0 Å². The van der Waals surface area contributed by atoms with Crippen molar-refractivity contribution < 1.29 is 21.6 Å². The second kappa shape index (κ2) is 3.85. The lowest BCUT2D eigenvalue weighted by Gasteiger charge is -2.08. The Kier molecular flexibility index (Phi) is 3.04. The monoisotopic (exact) mass is 225 g/mol. The van der Waals surface area contributed by atoms with Crippen molar-refractivity contribution in [3.8, 4) is 0 Å². The van der Waals surface area contributed by atoms with E-state index in [2.05, 4.69) is 42.1 Å². The normalized spacial score (nSPS) is 14.2. The number of nitrogens with zero attached hydrogens (tertiary/aromatic N) is 1. The van der Waals surface area contributed by atoms with Crippen LogP contribution in [0, 0.1) is 0 Å². The summed E-state index contributed by atoms with van der Waals surface area (Å²) in [5.41, 5.74) is 2.85. The SMILES string of the molecule is C[N+]1=Cc2ccccc2CC1.[Br-]. The molecule has 0 saturated heterocycles. The molecule has 0 atom stereocenters. The van der Waals surface area contributed by atoms with Gasteiger partial charge in [0, 0.05) is 12.0 Å². The molecule has 12 heavy (non-hydrogen) atoms. The molecule has 0 saturated carbocycles. The van der Waals surface area contributed by atoms with Crippen LogP contribution < -0.4 is 17.0 Å². The topological polar surface area (TPSA) is 3.01 Å². The predicted molar refractivity (Wildman–Crippen MR) is 46.4 cm³/mol. The highest BCUT2D eigenvalue weighted by Crippen LogP contribution is 2.09. The first kappa shape index (κ1) is 9.46. The van der Waals surface area contributed by atoms with E-state index in [9.17, 15) is 0 Å². The summed E-state index contributed by atoms with van der Waals surface area (Å²) in [5.74, 6) is 0. The Morgan fingerprint density at radius 2 is 2.00 bits per heavy atom. The van der Waals surface area contributed by atoms with Crippen molar-refractivity contribution in [3.63, 3.8) is 0 Å². The summed E-state index contributed by atoms with van der Waals surface area (Å²) in [6, 6.07) is 8.58. The maximum absolute atomic E-state index is 2.24. The first-order valence-corrected chi connectivity index (χ1v) is 3.99. The molecule has 1 aliphatic heterocycles. The summed E-state index contributed by atoms with van der Waals surface area (Å²) < 4.78 is 2.24. The van der Waals surface area contributed by atoms with E-state index >= 15 is 0 Å². The van der Waals surface area contributed by atoms with Gasteiger partial charge in [-0.25, -0.2) is 4.58 Å². The molecule has 0 fully saturated rings. The number of hydrogen-bond acceptors (Lipinski definition) is 0. The van der Waals surface area contributed by atoms with Gasteiger partial charge < -0.3 is 17.0 Å². The van der Waals surface area contributed by atoms with Crippen LogP contribution in [0.5, 0.6) is 0 Å². The highest BCUT2D eigenvalue weighted by Gasteiger charge is 2.10. The number of fused-ring (bicyclic) bond motifs is 1. The first-order chi connectivity index (χ1) is 5.36. The summed E-state index contributed by atoms with van der Waals surface area (Å²) in [6.07, 6.45) is 3.39. The lowest BCUT2D eigenvalue weighted by atomic mass is 10.0. The van der Waals surface area contributed by atoms with E-state index < -0.39 is 0 Å². The second-order valence-corrected chi connectivity index (χ2v) is 3.06. The number of halogens is 1. The molecule has 0 spiro atoms. The number of rotatable bonds is 0. The van der Waals surface area contributed by atoms with Crippen molar-refractivity contribution in [1.29, 1.82) is 0 Å². The fourth-order valence-electron chi connectivity index (χ4n) is 1.49. The van der Waals surface area contributed by atoms with E-state index in [1.54, 1.807) is 0 Å². The van der Waals surface area contributed by atoms with Gasteiger partial charge >= 0.3 is 0 Å². The van der Waals surface area contributed by atoms with Crippen molar-refractivity contribution in [2.45, 2.75) is 6.42 Å². The van der Waals surface area contributed by atoms with Crippen molar-refractivity contribution in [3.05, 3.63) is 35.4 Å². The zero-order chi connectivity index (χ0) is 7.68. The van der Waals surface area contributed by atoms with Gasteiger partial charge in [0.15, 0.2) is 6.21 Å². The van der Waals surface area contributed by atoms with Crippen LogP contribution in [0.3, 0.4) is 0 Å². The molecule has 0 bridgehead atoms. The Morgan fingerprint density at radius 1 is 1.25 bits per heavy atom. The molecule has 1 aromatic rings. The minimum absolute atomic E-state index is 0. The van der Waals surface area contributed by atoms with E-state index in [0.717, 1.165) is 6.54 Å². The van der Waals surface area contributed by atoms with Crippen molar-refractivity contribution >= 4 is 6.21 Å². The van der Waals surface area contributed by atoms with E-state index in [1.807, 2.05) is 0 Å². The molecule has 1 aromatic carbocycles. The summed E-state index contributed by atoms with van der Waals surface area (Å²) in [4.78, 5) is 0. The van der Waals surface area contributed by atoms with Crippen LogP contribution in [-0.4, -0.2) is 24.4 Å². The summed E-state index contributed by atoms with van der Waals surface area (Å²) in [7, 11) is 2.12. The Balaban J connectivity index is 0.000000720. The fraction of sp³-hybridized carbons (Fsp3) is 0.300. The standard InChI is InChI=1S/C10H12N.BrH/c1-11-7-6-9-4-2-3-5-10(9)8-11;/h2-5,8H,6-7H2,1H3;1H/q+1;/p-1. The molecular formula is C10H12BrN. The zero-order valence-corrected chi connectivity index (χ0v) is 8.71. The van der Waals surface area contributed by atoms with E-state index in [1.165, 1.54) is 17.5 Å². The molecule has 0 amide bonds. The molecule has 2 rings (SSSR count). The molecule has 0 N–H and O–H groups in total. The van der Waals surface area contributed by atoms with Gasteiger partial charge in [0.05, 0.1) is 0 Å². The molecular weight excluding hydrogens is 214 g/mol. The van der Waals surface area contributed by atoms with Crippen LogP contribution in [0.15, 0.2) is 24.3 Å². The van der Waals surface area contributed by atoms with E-state index in [0.29, 0.717) is 0 Å². The molecule has 1 nitrogen and oxygen atoms in total. The van der Waals surface area contributed by atoms with Crippen molar-refractivity contribution in [1.82, 2.24) is 0 Å². The zero-order valence-electron chi connectivity index (χ0n) is 7.13. The van der Waals surface area contributed by atoms with Crippen LogP contribution in [0.2, 0.25) is 0 Å². The van der Waals surface area contributed by atoms with Gasteiger partial charge in [0.25, 0.3) is 0 Å². The smallest absolute Gasteiger partial charge is 0.170 e. The summed E-state index contributed by atoms with van der Waals surface area (Å²) in [6.45, 7) is 1.15. The summed E-state index contributed by atoms with van der Waals surface area (Å²) >= 11 is 0. The van der Waals surface area contributed by atoms with Gasteiger partial charge in [-0.1, -0.05) is 18.2 Å². The average Bonchev–Trinajstić information content (AvgIpc) is 2.04. The van der Waals surface area contributed by atoms with Gasteiger partial charge in [-0.15, -0.1) is 0 Å². The second-order valence-electron chi connectivity index (χ2n) is 3.06. The minimum atomic E-state index is 0. The highest BCUT2D eigenvalue weighted by atomic mass is 79.9. The van der Waals surface area contributed by atoms with E-state index in [-0.39, 0.29) is 17.0 Å². The predicted octanol–water partition coefficient (Wildman–Crippen LogP) is -1.69. The molecule has 64 valence electrons. The van der Waals surface area contributed by atoms with Crippen LogP contribution >= 0.6 is 0 Å². The molecule has 2 heteroatoms. The number of likely N-dealkylation sites (N-methyl/N-ethyl adjacent to an activating group) is 1. The first-order valence-electron chi connectivity index (χ1n) is 3.99. The van der Waals surface area contributed by atoms with Crippen LogP contribution in [0.25, 0.3) is 0 Å². The average molecular weight is 226 g/mol. The molecule has 0 aromatic heterocycles. The summed E-state index contributed by atoms with van der Waals surface area (Å²) in [5, 5.41) is 0. The maximum atomic E-state index is 2.24. The molecule has 0 aliphatic carbocycles. The fourth-order valence-corrected chi connectivity index (χ4v) is 1.49. The minimum Gasteiger partial charge on any atom is -1.00 e. The van der Waals surface area contributed by atoms with Crippen LogP contribution in [0.1, 0.15) is 11.1 Å². The highest BCUT2D eigenvalue weighted by molar-refractivity contribution is 5.78. The van der Waals surface area contributed by atoms with Gasteiger partial charge in [0.2, 0.25) is 0 Å². The van der Waals surface area contributed by atoms with Gasteiger partial charge in [-0.05, 0) is 11.6 Å². The van der Waals surface area contributed by atoms with Gasteiger partial charge in [0.1, 0.15) is 13.6 Å². The van der Waals surface area contributed by atoms with Gasteiger partial charge in [-0.2, -0.15) is 0 Å². The quantitative estimate of drug-likeness (QED) is 0.464. The van der Waals surface area contributed by atoms with Crippen molar-refractivity contribution in [2.24, 2.45) is 0 Å². The maximum Gasteiger partial charge on any atom is 0.170 e. The number of hydrogen-bond donors (Lipinski definition) is 0. The number of benzene rings is 1. The third-order valence-electron chi connectivity index (χ3n) is 2.15. The van der Waals surface area contributed by atoms with Crippen LogP contribution in [-0.2, 0) is 6.42 Å². The Bertz CT molecular complexity index is 304. The molecule has 0 radical (unpaired) electrons. The molecule has 0 unspecified atom stereocenters. The third kappa shape index (κ3) is 1.75. The van der Waals surface area contributed by atoms with Crippen LogP contribution in [0.4, 0.5) is 0 Å². The lowest BCUT2D eigenvalue weighted by molar-refractivity contribution is -0.493. The third-order valence-corrected chi connectivity index (χ3v) is 2.15. The Labute approximate surface area is 83.5 Å². The molecule has 1 aliphatic rings. The lowest BCUT2D eigenvalue weighted by Crippen LogP contribution is -3.00. The van der Waals surface area contributed by atoms with Gasteiger partial charge in [-0.3, -0.25) is 0 Å². The van der Waals surface area contributed by atoms with Crippen molar-refractivity contribution in [2.75, 3.05) is 13.6 Å². The Morgan fingerprint density at radius 3 is 2.83 bits per heavy atom.